The highest BCUT2D eigenvalue weighted by Crippen LogP contribution is 2.24. The van der Waals surface area contributed by atoms with Crippen LogP contribution in [0.4, 0.5) is 0 Å². The number of rotatable bonds is 3. The van der Waals surface area contributed by atoms with Crippen LogP contribution < -0.4 is 0 Å². The molecule has 0 atom stereocenters. The monoisotopic (exact) mass is 271 g/mol. The van der Waals surface area contributed by atoms with Crippen LogP contribution in [-0.2, 0) is 13.6 Å². The third-order valence-corrected chi connectivity index (χ3v) is 3.90. The van der Waals surface area contributed by atoms with E-state index in [1.54, 1.807) is 0 Å². The number of likely N-dealkylation sites (tertiary alicyclic amines) is 1. The Hall–Kier alpha value is -1.65. The molecule has 1 aliphatic rings. The van der Waals surface area contributed by atoms with E-state index < -0.39 is 0 Å². The minimum Gasteiger partial charge on any atom is -0.393 e. The molecular formula is C16H21N3O. The van der Waals surface area contributed by atoms with Gasteiger partial charge in [0.15, 0.2) is 0 Å². The van der Waals surface area contributed by atoms with Gasteiger partial charge < -0.3 is 5.11 Å². The first-order valence-electron chi connectivity index (χ1n) is 7.21. The van der Waals surface area contributed by atoms with Crippen LogP contribution in [0.3, 0.4) is 0 Å². The first-order chi connectivity index (χ1) is 9.72. The predicted molar refractivity (Wildman–Crippen MR) is 79.2 cm³/mol. The highest BCUT2D eigenvalue weighted by Gasteiger charge is 2.19. The Morgan fingerprint density at radius 2 is 1.90 bits per heavy atom. The van der Waals surface area contributed by atoms with Crippen LogP contribution in [0.5, 0.6) is 0 Å². The lowest BCUT2D eigenvalue weighted by Crippen LogP contribution is -2.35. The van der Waals surface area contributed by atoms with Crippen molar-refractivity contribution in [3.05, 3.63) is 42.1 Å². The van der Waals surface area contributed by atoms with Crippen LogP contribution in [0.1, 0.15) is 18.4 Å². The fraction of sp³-hybridized carbons (Fsp3) is 0.438. The summed E-state index contributed by atoms with van der Waals surface area (Å²) in [5.74, 6) is 0. The summed E-state index contributed by atoms with van der Waals surface area (Å²) in [5, 5.41) is 14.2. The zero-order valence-corrected chi connectivity index (χ0v) is 11.9. The molecule has 4 heteroatoms. The van der Waals surface area contributed by atoms with Gasteiger partial charge >= 0.3 is 0 Å². The number of aliphatic hydroxyl groups is 1. The van der Waals surface area contributed by atoms with Crippen molar-refractivity contribution in [3.8, 4) is 11.3 Å². The number of aromatic nitrogens is 2. The molecule has 1 saturated heterocycles. The molecular weight excluding hydrogens is 250 g/mol. The van der Waals surface area contributed by atoms with E-state index >= 15 is 0 Å². The van der Waals surface area contributed by atoms with Crippen molar-refractivity contribution < 1.29 is 5.11 Å². The Balaban J connectivity index is 1.80. The molecule has 1 aromatic carbocycles. The molecule has 1 N–H and O–H groups in total. The summed E-state index contributed by atoms with van der Waals surface area (Å²) < 4.78 is 1.89. The number of aliphatic hydroxyl groups excluding tert-OH is 1. The first kappa shape index (κ1) is 13.3. The lowest BCUT2D eigenvalue weighted by atomic mass is 10.1. The maximum Gasteiger partial charge on any atom is 0.0968 e. The summed E-state index contributed by atoms with van der Waals surface area (Å²) >= 11 is 0. The molecule has 0 bridgehead atoms. The molecule has 106 valence electrons. The number of nitrogens with zero attached hydrogens (tertiary/aromatic N) is 3. The Labute approximate surface area is 119 Å². The van der Waals surface area contributed by atoms with Gasteiger partial charge in [-0.2, -0.15) is 5.10 Å². The smallest absolute Gasteiger partial charge is 0.0968 e. The highest BCUT2D eigenvalue weighted by molar-refractivity contribution is 5.62. The summed E-state index contributed by atoms with van der Waals surface area (Å²) in [6.07, 6.45) is 3.74. The number of aryl methyl sites for hydroxylation is 1. The predicted octanol–water partition coefficient (Wildman–Crippen LogP) is 2.04. The summed E-state index contributed by atoms with van der Waals surface area (Å²) in [7, 11) is 1.97. The molecule has 2 aromatic rings. The summed E-state index contributed by atoms with van der Waals surface area (Å²) in [4.78, 5) is 2.40. The van der Waals surface area contributed by atoms with Crippen molar-refractivity contribution >= 4 is 0 Å². The van der Waals surface area contributed by atoms with E-state index in [2.05, 4.69) is 28.3 Å². The average Bonchev–Trinajstić information content (AvgIpc) is 2.83. The van der Waals surface area contributed by atoms with Crippen molar-refractivity contribution in [2.75, 3.05) is 13.1 Å². The van der Waals surface area contributed by atoms with Crippen LogP contribution in [0.15, 0.2) is 36.5 Å². The standard InChI is InChI=1S/C16H21N3O/c1-18-11-14(12-19-9-7-15(20)8-10-19)16(17-18)13-5-3-2-4-6-13/h2-6,11,15,20H,7-10,12H2,1H3. The van der Waals surface area contributed by atoms with Crippen molar-refractivity contribution in [3.63, 3.8) is 0 Å². The van der Waals surface area contributed by atoms with Gasteiger partial charge in [0.25, 0.3) is 0 Å². The maximum atomic E-state index is 9.59. The average molecular weight is 271 g/mol. The zero-order valence-electron chi connectivity index (χ0n) is 11.9. The van der Waals surface area contributed by atoms with Crippen molar-refractivity contribution in [2.24, 2.45) is 7.05 Å². The lowest BCUT2D eigenvalue weighted by Gasteiger charge is -2.29. The van der Waals surface area contributed by atoms with Gasteiger partial charge in [0.05, 0.1) is 11.8 Å². The fourth-order valence-corrected chi connectivity index (χ4v) is 2.81. The van der Waals surface area contributed by atoms with Gasteiger partial charge in [0.1, 0.15) is 0 Å². The van der Waals surface area contributed by atoms with Crippen LogP contribution in [-0.4, -0.2) is 39.0 Å². The van der Waals surface area contributed by atoms with E-state index in [1.807, 2.05) is 29.9 Å². The van der Waals surface area contributed by atoms with Gasteiger partial charge in [-0.3, -0.25) is 9.58 Å². The Kier molecular flexibility index (Phi) is 3.85. The second-order valence-corrected chi connectivity index (χ2v) is 5.55. The Morgan fingerprint density at radius 1 is 1.20 bits per heavy atom. The summed E-state index contributed by atoms with van der Waals surface area (Å²) in [5.41, 5.74) is 3.49. The minimum absolute atomic E-state index is 0.117. The van der Waals surface area contributed by atoms with E-state index in [1.165, 1.54) is 11.1 Å². The van der Waals surface area contributed by atoms with Crippen LogP contribution in [0.25, 0.3) is 11.3 Å². The molecule has 3 rings (SSSR count). The van der Waals surface area contributed by atoms with Gasteiger partial charge in [-0.15, -0.1) is 0 Å². The number of benzene rings is 1. The van der Waals surface area contributed by atoms with E-state index in [9.17, 15) is 5.11 Å². The van der Waals surface area contributed by atoms with Gasteiger partial charge in [-0.05, 0) is 12.8 Å². The molecule has 4 nitrogen and oxygen atoms in total. The highest BCUT2D eigenvalue weighted by atomic mass is 16.3. The second-order valence-electron chi connectivity index (χ2n) is 5.55. The number of hydrogen-bond acceptors (Lipinski definition) is 3. The molecule has 1 aromatic heterocycles. The Bertz CT molecular complexity index is 556. The first-order valence-corrected chi connectivity index (χ1v) is 7.21. The molecule has 1 fully saturated rings. The Morgan fingerprint density at radius 3 is 2.60 bits per heavy atom. The summed E-state index contributed by atoms with van der Waals surface area (Å²) in [6.45, 7) is 2.83. The van der Waals surface area contributed by atoms with E-state index in [-0.39, 0.29) is 6.10 Å². The van der Waals surface area contributed by atoms with Gasteiger partial charge in [0, 0.05) is 44.0 Å². The molecule has 20 heavy (non-hydrogen) atoms. The molecule has 0 unspecified atom stereocenters. The normalized spacial score (nSPS) is 17.5. The zero-order chi connectivity index (χ0) is 13.9. The topological polar surface area (TPSA) is 41.3 Å². The van der Waals surface area contributed by atoms with E-state index in [4.69, 9.17) is 0 Å². The maximum absolute atomic E-state index is 9.59. The number of hydrogen-bond donors (Lipinski definition) is 1. The fourth-order valence-electron chi connectivity index (χ4n) is 2.81. The third kappa shape index (κ3) is 2.92. The van der Waals surface area contributed by atoms with Crippen molar-refractivity contribution in [1.82, 2.24) is 14.7 Å². The van der Waals surface area contributed by atoms with Crippen molar-refractivity contribution in [1.29, 1.82) is 0 Å². The third-order valence-electron chi connectivity index (χ3n) is 3.90. The molecule has 0 saturated carbocycles. The van der Waals surface area contributed by atoms with Crippen LogP contribution in [0.2, 0.25) is 0 Å². The van der Waals surface area contributed by atoms with Gasteiger partial charge in [-0.25, -0.2) is 0 Å². The van der Waals surface area contributed by atoms with Crippen LogP contribution >= 0.6 is 0 Å². The molecule has 1 aliphatic heterocycles. The lowest BCUT2D eigenvalue weighted by molar-refractivity contribution is 0.0793. The van der Waals surface area contributed by atoms with Gasteiger partial charge in [0.2, 0.25) is 0 Å². The van der Waals surface area contributed by atoms with E-state index in [0.29, 0.717) is 0 Å². The minimum atomic E-state index is -0.117. The molecule has 0 radical (unpaired) electrons. The molecule has 2 heterocycles. The molecule has 0 aliphatic carbocycles. The second kappa shape index (κ2) is 5.77. The molecule has 0 spiro atoms. The SMILES string of the molecule is Cn1cc(CN2CCC(O)CC2)c(-c2ccccc2)n1. The van der Waals surface area contributed by atoms with E-state index in [0.717, 1.165) is 38.2 Å². The summed E-state index contributed by atoms with van der Waals surface area (Å²) in [6, 6.07) is 10.3. The largest absolute Gasteiger partial charge is 0.393 e. The van der Waals surface area contributed by atoms with Gasteiger partial charge in [-0.1, -0.05) is 30.3 Å². The number of piperidine rings is 1. The van der Waals surface area contributed by atoms with Crippen LogP contribution in [0, 0.1) is 0 Å². The molecule has 0 amide bonds. The quantitative estimate of drug-likeness (QED) is 0.929. The van der Waals surface area contributed by atoms with Crippen molar-refractivity contribution in [2.45, 2.75) is 25.5 Å².